The Hall–Kier alpha value is -2.70. The van der Waals surface area contributed by atoms with E-state index < -0.39 is 6.04 Å². The van der Waals surface area contributed by atoms with Crippen LogP contribution in [0.5, 0.6) is 0 Å². The predicted octanol–water partition coefficient (Wildman–Crippen LogP) is 1.88. The van der Waals surface area contributed by atoms with E-state index in [4.69, 9.17) is 4.74 Å². The summed E-state index contributed by atoms with van der Waals surface area (Å²) in [5, 5.41) is 5.24. The van der Waals surface area contributed by atoms with Crippen molar-refractivity contribution in [1.29, 1.82) is 0 Å². The first-order chi connectivity index (χ1) is 13.0. The summed E-state index contributed by atoms with van der Waals surface area (Å²) in [7, 11) is 2.89. The number of aromatic nitrogens is 2. The highest BCUT2D eigenvalue weighted by molar-refractivity contribution is 6.06. The number of benzene rings is 1. The normalized spacial score (nSPS) is 24.7. The molecule has 2 aliphatic rings. The number of likely N-dealkylation sites (tertiary alicyclic amines) is 1. The minimum Gasteiger partial charge on any atom is -0.467 e. The number of ether oxygens (including phenoxy) is 1. The smallest absolute Gasteiger partial charge is 0.328 e. The van der Waals surface area contributed by atoms with Gasteiger partial charge in [0, 0.05) is 18.5 Å². The highest BCUT2D eigenvalue weighted by atomic mass is 16.5. The Bertz CT molecular complexity index is 967. The maximum atomic E-state index is 13.6. The molecule has 2 heterocycles. The van der Waals surface area contributed by atoms with Crippen molar-refractivity contribution in [2.24, 2.45) is 13.0 Å². The molecule has 2 aromatic rings. The largest absolute Gasteiger partial charge is 0.467 e. The van der Waals surface area contributed by atoms with Gasteiger partial charge in [0.15, 0.2) is 5.69 Å². The molecule has 1 saturated heterocycles. The molecule has 7 nitrogen and oxygen atoms in total. The molecule has 1 aliphatic heterocycles. The molecule has 3 unspecified atom stereocenters. The Morgan fingerprint density at radius 2 is 1.85 bits per heavy atom. The molecule has 0 bridgehead atoms. The quantitative estimate of drug-likeness (QED) is 0.755. The fourth-order valence-electron chi connectivity index (χ4n) is 4.68. The van der Waals surface area contributed by atoms with E-state index in [1.807, 2.05) is 0 Å². The highest BCUT2D eigenvalue weighted by Gasteiger charge is 2.48. The van der Waals surface area contributed by atoms with Crippen molar-refractivity contribution in [1.82, 2.24) is 14.7 Å². The third-order valence-electron chi connectivity index (χ3n) is 5.95. The zero-order valence-electron chi connectivity index (χ0n) is 15.6. The van der Waals surface area contributed by atoms with Crippen LogP contribution < -0.4 is 5.56 Å². The van der Waals surface area contributed by atoms with Gasteiger partial charge in [-0.2, -0.15) is 5.10 Å². The number of fused-ring (bicyclic) bond motifs is 2. The van der Waals surface area contributed by atoms with Gasteiger partial charge in [0.05, 0.1) is 12.5 Å². The number of carbonyl (C=O) groups excluding carboxylic acids is 2. The van der Waals surface area contributed by atoms with Crippen LogP contribution in [-0.2, 0) is 16.6 Å². The summed E-state index contributed by atoms with van der Waals surface area (Å²) in [5.41, 5.74) is -0.0311. The minimum atomic E-state index is -0.589. The summed E-state index contributed by atoms with van der Waals surface area (Å²) < 4.78 is 6.17. The Morgan fingerprint density at radius 3 is 2.59 bits per heavy atom. The van der Waals surface area contributed by atoms with Gasteiger partial charge in [-0.1, -0.05) is 31.0 Å². The predicted molar refractivity (Wildman–Crippen MR) is 99.3 cm³/mol. The van der Waals surface area contributed by atoms with Gasteiger partial charge >= 0.3 is 5.97 Å². The molecular weight excluding hydrogens is 346 g/mol. The van der Waals surface area contributed by atoms with Crippen LogP contribution in [0.25, 0.3) is 10.8 Å². The average Bonchev–Trinajstić information content (AvgIpc) is 3.09. The topological polar surface area (TPSA) is 81.5 Å². The lowest BCUT2D eigenvalue weighted by molar-refractivity contribution is -0.145. The number of amides is 1. The molecule has 3 atom stereocenters. The van der Waals surface area contributed by atoms with E-state index in [0.717, 1.165) is 25.7 Å². The Labute approximate surface area is 156 Å². The van der Waals surface area contributed by atoms with Crippen molar-refractivity contribution in [2.45, 2.75) is 44.2 Å². The molecular formula is C20H23N3O4. The Balaban J connectivity index is 1.83. The Kier molecular flexibility index (Phi) is 4.45. The summed E-state index contributed by atoms with van der Waals surface area (Å²) in [6.07, 6.45) is 4.70. The number of hydrogen-bond donors (Lipinski definition) is 0. The third kappa shape index (κ3) is 2.81. The van der Waals surface area contributed by atoms with Crippen LogP contribution >= 0.6 is 0 Å². The van der Waals surface area contributed by atoms with Crippen molar-refractivity contribution in [3.8, 4) is 0 Å². The van der Waals surface area contributed by atoms with Crippen molar-refractivity contribution < 1.29 is 14.3 Å². The van der Waals surface area contributed by atoms with E-state index in [-0.39, 0.29) is 29.2 Å². The van der Waals surface area contributed by atoms with Crippen LogP contribution in [0.3, 0.4) is 0 Å². The number of hydrogen-bond acceptors (Lipinski definition) is 5. The molecule has 0 spiro atoms. The average molecular weight is 369 g/mol. The van der Waals surface area contributed by atoms with Gasteiger partial charge in [-0.15, -0.1) is 0 Å². The zero-order valence-corrected chi connectivity index (χ0v) is 15.6. The number of rotatable bonds is 2. The summed E-state index contributed by atoms with van der Waals surface area (Å²) in [6.45, 7) is 0. The van der Waals surface area contributed by atoms with Gasteiger partial charge in [0.2, 0.25) is 0 Å². The first-order valence-corrected chi connectivity index (χ1v) is 9.39. The molecule has 1 aromatic heterocycles. The molecule has 142 valence electrons. The summed E-state index contributed by atoms with van der Waals surface area (Å²) >= 11 is 0. The lowest BCUT2D eigenvalue weighted by Gasteiger charge is -2.33. The van der Waals surface area contributed by atoms with E-state index >= 15 is 0 Å². The SMILES string of the molecule is COC(=O)C1CC2CCCCC2N1C(=O)c1nn(C)c(=O)c2ccccc12. The fourth-order valence-corrected chi connectivity index (χ4v) is 4.68. The van der Waals surface area contributed by atoms with Gasteiger partial charge in [-0.3, -0.25) is 9.59 Å². The summed E-state index contributed by atoms with van der Waals surface area (Å²) in [5.74, 6) is -0.371. The van der Waals surface area contributed by atoms with E-state index in [0.29, 0.717) is 23.1 Å². The van der Waals surface area contributed by atoms with E-state index in [9.17, 15) is 14.4 Å². The van der Waals surface area contributed by atoms with Gasteiger partial charge in [0.1, 0.15) is 6.04 Å². The van der Waals surface area contributed by atoms with Crippen molar-refractivity contribution >= 4 is 22.6 Å². The van der Waals surface area contributed by atoms with Crippen LogP contribution in [0.15, 0.2) is 29.1 Å². The van der Waals surface area contributed by atoms with Crippen LogP contribution in [0.1, 0.15) is 42.6 Å². The van der Waals surface area contributed by atoms with Gasteiger partial charge in [-0.05, 0) is 31.2 Å². The summed E-state index contributed by atoms with van der Waals surface area (Å²) in [4.78, 5) is 40.0. The van der Waals surface area contributed by atoms with Gasteiger partial charge in [0.25, 0.3) is 11.5 Å². The third-order valence-corrected chi connectivity index (χ3v) is 5.95. The van der Waals surface area contributed by atoms with E-state index in [1.165, 1.54) is 18.8 Å². The molecule has 27 heavy (non-hydrogen) atoms. The zero-order chi connectivity index (χ0) is 19.1. The molecule has 0 radical (unpaired) electrons. The van der Waals surface area contributed by atoms with E-state index in [1.54, 1.807) is 29.2 Å². The Morgan fingerprint density at radius 1 is 1.15 bits per heavy atom. The van der Waals surface area contributed by atoms with Crippen LogP contribution in [0, 0.1) is 5.92 Å². The molecule has 0 N–H and O–H groups in total. The second-order valence-electron chi connectivity index (χ2n) is 7.42. The second-order valence-corrected chi connectivity index (χ2v) is 7.42. The van der Waals surface area contributed by atoms with Crippen molar-refractivity contribution in [3.05, 3.63) is 40.3 Å². The fraction of sp³-hybridized carbons (Fsp3) is 0.500. The standard InChI is InChI=1S/C20H23N3O4/c1-22-18(24)14-9-5-4-8-13(14)17(21-22)19(25)23-15-10-6-3-7-12(15)11-16(23)20(26)27-2/h4-5,8-9,12,15-16H,3,6-7,10-11H2,1-2H3. The van der Waals surface area contributed by atoms with Crippen molar-refractivity contribution in [2.75, 3.05) is 7.11 Å². The van der Waals surface area contributed by atoms with Gasteiger partial charge in [-0.25, -0.2) is 9.48 Å². The molecule has 2 fully saturated rings. The number of esters is 1. The molecule has 1 amide bonds. The molecule has 1 saturated carbocycles. The van der Waals surface area contributed by atoms with Crippen LogP contribution in [-0.4, -0.2) is 45.8 Å². The second kappa shape index (κ2) is 6.79. The molecule has 4 rings (SSSR count). The maximum Gasteiger partial charge on any atom is 0.328 e. The van der Waals surface area contributed by atoms with Crippen molar-refractivity contribution in [3.63, 3.8) is 0 Å². The number of nitrogens with zero attached hydrogens (tertiary/aromatic N) is 3. The highest BCUT2D eigenvalue weighted by Crippen LogP contribution is 2.41. The van der Waals surface area contributed by atoms with Gasteiger partial charge < -0.3 is 9.64 Å². The van der Waals surface area contributed by atoms with Crippen LogP contribution in [0.2, 0.25) is 0 Å². The summed E-state index contributed by atoms with van der Waals surface area (Å²) in [6, 6.07) is 6.41. The van der Waals surface area contributed by atoms with E-state index in [2.05, 4.69) is 5.10 Å². The first-order valence-electron chi connectivity index (χ1n) is 9.39. The molecule has 1 aliphatic carbocycles. The lowest BCUT2D eigenvalue weighted by atomic mass is 9.84. The van der Waals surface area contributed by atoms with Crippen LogP contribution in [0.4, 0.5) is 0 Å². The maximum absolute atomic E-state index is 13.6. The molecule has 7 heteroatoms. The number of methoxy groups -OCH3 is 1. The minimum absolute atomic E-state index is 0.0214. The first kappa shape index (κ1) is 17.7. The number of carbonyl (C=O) groups is 2. The monoisotopic (exact) mass is 369 g/mol. The number of aryl methyl sites for hydroxylation is 1. The lowest BCUT2D eigenvalue weighted by Crippen LogP contribution is -2.47. The molecule has 1 aromatic carbocycles.